The summed E-state index contributed by atoms with van der Waals surface area (Å²) in [5.41, 5.74) is 7.69. The third kappa shape index (κ3) is 4.28. The second kappa shape index (κ2) is 8.71. The molecular formula is C24H20N2S4. The molecule has 0 amide bonds. The molecule has 5 aromatic rings. The van der Waals surface area contributed by atoms with Crippen molar-refractivity contribution in [2.75, 3.05) is 0 Å². The fraction of sp³-hybridized carbons (Fsp3) is 0.167. The largest absolute Gasteiger partial charge is 0.230 e. The highest BCUT2D eigenvalue weighted by molar-refractivity contribution is 8.00. The average Bonchev–Trinajstić information content (AvgIpc) is 3.36. The summed E-state index contributed by atoms with van der Waals surface area (Å²) in [7, 11) is 0. The molecule has 0 N–H and O–H groups in total. The van der Waals surface area contributed by atoms with Crippen LogP contribution in [0.4, 0.5) is 0 Å². The minimum Gasteiger partial charge on any atom is -0.230 e. The van der Waals surface area contributed by atoms with Crippen LogP contribution in [0.3, 0.4) is 0 Å². The normalized spacial score (nSPS) is 11.5. The van der Waals surface area contributed by atoms with Crippen molar-refractivity contribution >= 4 is 66.6 Å². The first kappa shape index (κ1) is 20.1. The lowest BCUT2D eigenvalue weighted by molar-refractivity contribution is 1.20. The average molecular weight is 465 g/mol. The summed E-state index contributed by atoms with van der Waals surface area (Å²) in [4.78, 5) is 9.50. The van der Waals surface area contributed by atoms with Crippen LogP contribution in [0, 0.1) is 13.8 Å². The highest BCUT2D eigenvalue weighted by atomic mass is 32.2. The summed E-state index contributed by atoms with van der Waals surface area (Å²) >= 11 is 7.23. The molecule has 0 spiro atoms. The van der Waals surface area contributed by atoms with Gasteiger partial charge in [-0.2, -0.15) is 0 Å². The summed E-state index contributed by atoms with van der Waals surface area (Å²) in [6.07, 6.45) is 0. The number of hydrogen-bond acceptors (Lipinski definition) is 6. The number of hydrogen-bond donors (Lipinski definition) is 0. The van der Waals surface area contributed by atoms with Gasteiger partial charge < -0.3 is 0 Å². The Labute approximate surface area is 192 Å². The van der Waals surface area contributed by atoms with E-state index in [2.05, 4.69) is 74.5 Å². The molecule has 0 aliphatic carbocycles. The highest BCUT2D eigenvalue weighted by Crippen LogP contribution is 2.35. The van der Waals surface area contributed by atoms with E-state index in [0.29, 0.717) is 0 Å². The Morgan fingerprint density at radius 3 is 1.53 bits per heavy atom. The lowest BCUT2D eigenvalue weighted by Gasteiger charge is -2.11. The van der Waals surface area contributed by atoms with Crippen molar-refractivity contribution in [3.05, 3.63) is 82.9 Å². The van der Waals surface area contributed by atoms with Gasteiger partial charge in [-0.05, 0) is 60.4 Å². The Balaban J connectivity index is 1.27. The van der Waals surface area contributed by atoms with Crippen molar-refractivity contribution in [3.8, 4) is 0 Å². The Morgan fingerprint density at radius 1 is 0.667 bits per heavy atom. The molecule has 30 heavy (non-hydrogen) atoms. The van der Waals surface area contributed by atoms with Gasteiger partial charge in [0.2, 0.25) is 0 Å². The molecule has 0 aliphatic rings. The number of thioether (sulfide) groups is 2. The molecule has 0 radical (unpaired) electrons. The first-order valence-electron chi connectivity index (χ1n) is 9.71. The fourth-order valence-corrected chi connectivity index (χ4v) is 7.61. The van der Waals surface area contributed by atoms with E-state index in [9.17, 15) is 0 Å². The van der Waals surface area contributed by atoms with E-state index in [4.69, 9.17) is 9.97 Å². The van der Waals surface area contributed by atoms with E-state index in [1.807, 2.05) is 23.5 Å². The van der Waals surface area contributed by atoms with E-state index in [-0.39, 0.29) is 0 Å². The van der Waals surface area contributed by atoms with Crippen molar-refractivity contribution in [2.45, 2.75) is 34.0 Å². The quantitative estimate of drug-likeness (QED) is 0.237. The SMILES string of the molecule is Cc1cc(CSc2nc3ccccc3s2)c(C)cc1CSc1nc2ccccc2s1. The maximum Gasteiger partial charge on any atom is 0.151 e. The van der Waals surface area contributed by atoms with Gasteiger partial charge in [-0.1, -0.05) is 59.9 Å². The van der Waals surface area contributed by atoms with Crippen LogP contribution in [0.15, 0.2) is 69.3 Å². The van der Waals surface area contributed by atoms with Crippen LogP contribution in [0.1, 0.15) is 22.3 Å². The van der Waals surface area contributed by atoms with Gasteiger partial charge in [0, 0.05) is 11.5 Å². The summed E-state index contributed by atoms with van der Waals surface area (Å²) in [5, 5.41) is 0. The third-order valence-corrected chi connectivity index (χ3v) is 9.50. The number of aryl methyl sites for hydroxylation is 2. The zero-order chi connectivity index (χ0) is 20.5. The second-order valence-corrected chi connectivity index (χ2v) is 11.7. The van der Waals surface area contributed by atoms with Crippen LogP contribution in [-0.2, 0) is 11.5 Å². The molecule has 0 fully saturated rings. The van der Waals surface area contributed by atoms with Gasteiger partial charge in [0.25, 0.3) is 0 Å². The molecule has 0 aliphatic heterocycles. The monoisotopic (exact) mass is 464 g/mol. The summed E-state index contributed by atoms with van der Waals surface area (Å²) in [6.45, 7) is 4.44. The van der Waals surface area contributed by atoms with Gasteiger partial charge in [0.1, 0.15) is 0 Å². The summed E-state index contributed by atoms with van der Waals surface area (Å²) in [6, 6.07) is 21.4. The van der Waals surface area contributed by atoms with E-state index in [0.717, 1.165) is 31.2 Å². The van der Waals surface area contributed by atoms with E-state index in [1.165, 1.54) is 31.7 Å². The van der Waals surface area contributed by atoms with Gasteiger partial charge in [-0.3, -0.25) is 0 Å². The Kier molecular flexibility index (Phi) is 5.83. The lowest BCUT2D eigenvalue weighted by atomic mass is 10.0. The molecule has 0 atom stereocenters. The van der Waals surface area contributed by atoms with Crippen molar-refractivity contribution in [2.24, 2.45) is 0 Å². The zero-order valence-corrected chi connectivity index (χ0v) is 20.0. The second-order valence-electron chi connectivity index (χ2n) is 7.18. The molecule has 2 nitrogen and oxygen atoms in total. The van der Waals surface area contributed by atoms with Crippen molar-refractivity contribution in [1.82, 2.24) is 9.97 Å². The number of benzene rings is 3. The number of fused-ring (bicyclic) bond motifs is 2. The van der Waals surface area contributed by atoms with E-state index >= 15 is 0 Å². The van der Waals surface area contributed by atoms with Crippen LogP contribution >= 0.6 is 46.2 Å². The van der Waals surface area contributed by atoms with Crippen molar-refractivity contribution in [3.63, 3.8) is 0 Å². The maximum absolute atomic E-state index is 4.75. The number of nitrogens with zero attached hydrogens (tertiary/aromatic N) is 2. The lowest BCUT2D eigenvalue weighted by Crippen LogP contribution is -1.94. The first-order valence-corrected chi connectivity index (χ1v) is 13.3. The molecule has 0 saturated heterocycles. The minimum absolute atomic E-state index is 0.956. The van der Waals surface area contributed by atoms with Crippen LogP contribution < -0.4 is 0 Å². The topological polar surface area (TPSA) is 25.8 Å². The van der Waals surface area contributed by atoms with Gasteiger partial charge >= 0.3 is 0 Å². The molecule has 2 heterocycles. The highest BCUT2D eigenvalue weighted by Gasteiger charge is 2.10. The molecule has 0 saturated carbocycles. The predicted molar refractivity (Wildman–Crippen MR) is 134 cm³/mol. The van der Waals surface area contributed by atoms with E-state index < -0.39 is 0 Å². The first-order chi connectivity index (χ1) is 14.7. The molecule has 3 aromatic carbocycles. The summed E-state index contributed by atoms with van der Waals surface area (Å²) < 4.78 is 4.80. The van der Waals surface area contributed by atoms with Gasteiger partial charge in [-0.25, -0.2) is 9.97 Å². The molecular weight excluding hydrogens is 445 g/mol. The third-order valence-electron chi connectivity index (χ3n) is 5.05. The molecule has 6 heteroatoms. The molecule has 0 unspecified atom stereocenters. The minimum atomic E-state index is 0.956. The Bertz CT molecular complexity index is 1170. The summed E-state index contributed by atoms with van der Waals surface area (Å²) in [5.74, 6) is 1.91. The number of aromatic nitrogens is 2. The molecule has 2 aromatic heterocycles. The van der Waals surface area contributed by atoms with Gasteiger partial charge in [-0.15, -0.1) is 22.7 Å². The van der Waals surface area contributed by atoms with Crippen LogP contribution in [-0.4, -0.2) is 9.97 Å². The standard InChI is InChI=1S/C24H20N2S4/c1-15-11-18(14-28-24-26-20-8-4-6-10-22(20)30-24)16(2)12-17(15)13-27-23-25-19-7-3-5-9-21(19)29-23/h3-12H,13-14H2,1-2H3. The number of rotatable bonds is 6. The fourth-order valence-electron chi connectivity index (χ4n) is 3.35. The van der Waals surface area contributed by atoms with Crippen molar-refractivity contribution in [1.29, 1.82) is 0 Å². The zero-order valence-electron chi connectivity index (χ0n) is 16.7. The van der Waals surface area contributed by atoms with E-state index in [1.54, 1.807) is 22.7 Å². The Morgan fingerprint density at radius 2 is 1.10 bits per heavy atom. The van der Waals surface area contributed by atoms with Crippen molar-refractivity contribution < 1.29 is 0 Å². The van der Waals surface area contributed by atoms with Crippen LogP contribution in [0.2, 0.25) is 0 Å². The molecule has 5 rings (SSSR count). The van der Waals surface area contributed by atoms with Gasteiger partial charge in [0.05, 0.1) is 20.4 Å². The molecule has 150 valence electrons. The van der Waals surface area contributed by atoms with Gasteiger partial charge in [0.15, 0.2) is 8.68 Å². The van der Waals surface area contributed by atoms with Crippen LogP contribution in [0.25, 0.3) is 20.4 Å². The molecule has 0 bridgehead atoms. The predicted octanol–water partition coefficient (Wildman–Crippen LogP) is 8.11. The van der Waals surface area contributed by atoms with Crippen LogP contribution in [0.5, 0.6) is 0 Å². The maximum atomic E-state index is 4.75. The number of thiazole rings is 2. The number of para-hydroxylation sites is 2. The Hall–Kier alpha value is -1.86. The smallest absolute Gasteiger partial charge is 0.151 e.